The Morgan fingerprint density at radius 3 is 2.91 bits per heavy atom. The van der Waals surface area contributed by atoms with Gasteiger partial charge in [0.05, 0.1) is 5.75 Å². The molecular weight excluding hydrogens is 312 g/mol. The number of amides is 1. The number of aromatic amines is 1. The number of carbonyl (C=O) groups is 1. The van der Waals surface area contributed by atoms with Gasteiger partial charge in [0, 0.05) is 12.2 Å². The fraction of sp³-hybridized carbons (Fsp3) is 0.438. The summed E-state index contributed by atoms with van der Waals surface area (Å²) in [6.45, 7) is 6.81. The number of rotatable bonds is 7. The maximum Gasteiger partial charge on any atom is 0.343 e. The number of H-pyrrole nitrogens is 1. The van der Waals surface area contributed by atoms with Gasteiger partial charge in [-0.05, 0) is 30.0 Å². The van der Waals surface area contributed by atoms with Gasteiger partial charge in [0.2, 0.25) is 5.91 Å². The smallest absolute Gasteiger partial charge is 0.325 e. The molecule has 0 aliphatic heterocycles. The Balaban J connectivity index is 1.95. The van der Waals surface area contributed by atoms with Crippen molar-refractivity contribution in [2.75, 3.05) is 11.1 Å². The Morgan fingerprint density at radius 2 is 2.22 bits per heavy atom. The molecule has 124 valence electrons. The van der Waals surface area contributed by atoms with Crippen LogP contribution in [-0.4, -0.2) is 26.4 Å². The molecule has 1 heterocycles. The van der Waals surface area contributed by atoms with E-state index in [1.165, 1.54) is 17.3 Å². The van der Waals surface area contributed by atoms with Gasteiger partial charge >= 0.3 is 5.69 Å². The first-order valence-electron chi connectivity index (χ1n) is 7.69. The Labute approximate surface area is 139 Å². The minimum Gasteiger partial charge on any atom is -0.325 e. The Kier molecular flexibility index (Phi) is 6.04. The number of aromatic nitrogens is 3. The number of benzene rings is 1. The number of nitrogens with one attached hydrogen (secondary N) is 2. The first-order valence-corrected chi connectivity index (χ1v) is 8.67. The van der Waals surface area contributed by atoms with Crippen LogP contribution in [0.25, 0.3) is 0 Å². The summed E-state index contributed by atoms with van der Waals surface area (Å²) in [5.41, 5.74) is 1.73. The summed E-state index contributed by atoms with van der Waals surface area (Å²) < 4.78 is 1.55. The Morgan fingerprint density at radius 1 is 1.43 bits per heavy atom. The topological polar surface area (TPSA) is 79.8 Å². The van der Waals surface area contributed by atoms with Gasteiger partial charge < -0.3 is 5.32 Å². The molecule has 1 aromatic carbocycles. The number of carbonyl (C=O) groups excluding carboxylic acids is 1. The van der Waals surface area contributed by atoms with Crippen LogP contribution >= 0.6 is 11.8 Å². The number of thioether (sulfide) groups is 1. The molecule has 23 heavy (non-hydrogen) atoms. The summed E-state index contributed by atoms with van der Waals surface area (Å²) in [4.78, 5) is 23.7. The zero-order valence-corrected chi connectivity index (χ0v) is 14.4. The van der Waals surface area contributed by atoms with E-state index in [1.54, 1.807) is 4.57 Å². The number of anilines is 1. The van der Waals surface area contributed by atoms with Gasteiger partial charge in [-0.25, -0.2) is 9.89 Å². The molecule has 1 amide bonds. The Bertz CT molecular complexity index is 721. The largest absolute Gasteiger partial charge is 0.343 e. The highest BCUT2D eigenvalue weighted by Crippen LogP contribution is 2.19. The molecule has 0 unspecified atom stereocenters. The van der Waals surface area contributed by atoms with Gasteiger partial charge in [0.25, 0.3) is 0 Å². The van der Waals surface area contributed by atoms with E-state index in [-0.39, 0.29) is 17.3 Å². The second-order valence-corrected chi connectivity index (χ2v) is 6.52. The standard InChI is InChI=1S/C16H22N4O2S/c1-4-8-20-15(22)18-19-16(20)23-10-14(21)17-13-7-5-6-12(9-13)11(2)3/h5-7,9,11H,4,8,10H2,1-3H3,(H,17,21)(H,18,22). The van der Waals surface area contributed by atoms with E-state index < -0.39 is 0 Å². The van der Waals surface area contributed by atoms with Crippen molar-refractivity contribution in [2.24, 2.45) is 0 Å². The molecule has 0 saturated carbocycles. The first kappa shape index (κ1) is 17.3. The van der Waals surface area contributed by atoms with Crippen LogP contribution in [0.4, 0.5) is 5.69 Å². The highest BCUT2D eigenvalue weighted by atomic mass is 32.2. The van der Waals surface area contributed by atoms with E-state index in [0.717, 1.165) is 12.1 Å². The average Bonchev–Trinajstić information content (AvgIpc) is 2.86. The first-order chi connectivity index (χ1) is 11.0. The molecule has 2 N–H and O–H groups in total. The molecule has 0 fully saturated rings. The maximum atomic E-state index is 12.1. The van der Waals surface area contributed by atoms with E-state index in [9.17, 15) is 9.59 Å². The van der Waals surface area contributed by atoms with E-state index in [4.69, 9.17) is 0 Å². The SMILES string of the molecule is CCCn1c(SCC(=O)Nc2cccc(C(C)C)c2)n[nH]c1=O. The van der Waals surface area contributed by atoms with Gasteiger partial charge in [0.15, 0.2) is 5.16 Å². The molecule has 0 saturated heterocycles. The summed E-state index contributed by atoms with van der Waals surface area (Å²) in [5.74, 6) is 0.503. The number of hydrogen-bond donors (Lipinski definition) is 2. The highest BCUT2D eigenvalue weighted by Gasteiger charge is 2.11. The van der Waals surface area contributed by atoms with Crippen molar-refractivity contribution in [1.29, 1.82) is 0 Å². The third-order valence-corrected chi connectivity index (χ3v) is 4.32. The normalized spacial score (nSPS) is 11.0. The van der Waals surface area contributed by atoms with Gasteiger partial charge in [-0.1, -0.05) is 44.7 Å². The van der Waals surface area contributed by atoms with E-state index in [0.29, 0.717) is 17.6 Å². The predicted octanol–water partition coefficient (Wildman–Crippen LogP) is 2.84. The van der Waals surface area contributed by atoms with Crippen LogP contribution in [0.5, 0.6) is 0 Å². The molecule has 0 atom stereocenters. The van der Waals surface area contributed by atoms with Gasteiger partial charge in [-0.3, -0.25) is 9.36 Å². The maximum absolute atomic E-state index is 12.1. The van der Waals surface area contributed by atoms with Crippen molar-refractivity contribution in [3.8, 4) is 0 Å². The van der Waals surface area contributed by atoms with Crippen LogP contribution in [0.3, 0.4) is 0 Å². The summed E-state index contributed by atoms with van der Waals surface area (Å²) >= 11 is 1.25. The zero-order chi connectivity index (χ0) is 16.8. The number of hydrogen-bond acceptors (Lipinski definition) is 4. The molecule has 0 spiro atoms. The van der Waals surface area contributed by atoms with Crippen molar-refractivity contribution in [3.05, 3.63) is 40.3 Å². The summed E-state index contributed by atoms with van der Waals surface area (Å²) in [6, 6.07) is 7.83. The number of nitrogens with zero attached hydrogens (tertiary/aromatic N) is 2. The quantitative estimate of drug-likeness (QED) is 0.763. The van der Waals surface area contributed by atoms with Crippen molar-refractivity contribution >= 4 is 23.4 Å². The molecular formula is C16H22N4O2S. The lowest BCUT2D eigenvalue weighted by atomic mass is 10.0. The van der Waals surface area contributed by atoms with Crippen LogP contribution in [0.15, 0.2) is 34.2 Å². The predicted molar refractivity (Wildman–Crippen MR) is 93.0 cm³/mol. The van der Waals surface area contributed by atoms with E-state index in [2.05, 4.69) is 29.4 Å². The van der Waals surface area contributed by atoms with Crippen LogP contribution in [-0.2, 0) is 11.3 Å². The third kappa shape index (κ3) is 4.72. The second-order valence-electron chi connectivity index (χ2n) is 5.58. The minimum atomic E-state index is -0.237. The lowest BCUT2D eigenvalue weighted by Gasteiger charge is -2.09. The summed E-state index contributed by atoms with van der Waals surface area (Å²) in [6.07, 6.45) is 0.835. The fourth-order valence-corrected chi connectivity index (χ4v) is 2.91. The van der Waals surface area contributed by atoms with Crippen LogP contribution in [0, 0.1) is 0 Å². The molecule has 1 aromatic heterocycles. The highest BCUT2D eigenvalue weighted by molar-refractivity contribution is 7.99. The molecule has 6 nitrogen and oxygen atoms in total. The van der Waals surface area contributed by atoms with E-state index in [1.807, 2.05) is 31.2 Å². The lowest BCUT2D eigenvalue weighted by Crippen LogP contribution is -2.18. The molecule has 0 radical (unpaired) electrons. The van der Waals surface area contributed by atoms with Crippen molar-refractivity contribution < 1.29 is 4.79 Å². The molecule has 0 bridgehead atoms. The van der Waals surface area contributed by atoms with Crippen molar-refractivity contribution in [3.63, 3.8) is 0 Å². The molecule has 0 aliphatic rings. The summed E-state index contributed by atoms with van der Waals surface area (Å²) in [5, 5.41) is 9.80. The molecule has 2 aromatic rings. The monoisotopic (exact) mass is 334 g/mol. The molecule has 2 rings (SSSR count). The Hall–Kier alpha value is -2.02. The lowest BCUT2D eigenvalue weighted by molar-refractivity contribution is -0.113. The molecule has 7 heteroatoms. The average molecular weight is 334 g/mol. The zero-order valence-electron chi connectivity index (χ0n) is 13.6. The minimum absolute atomic E-state index is 0.116. The van der Waals surface area contributed by atoms with Gasteiger partial charge in [0.1, 0.15) is 0 Å². The van der Waals surface area contributed by atoms with E-state index >= 15 is 0 Å². The second kappa shape index (κ2) is 8.01. The van der Waals surface area contributed by atoms with Crippen LogP contribution in [0.1, 0.15) is 38.7 Å². The summed E-state index contributed by atoms with van der Waals surface area (Å²) in [7, 11) is 0. The fourth-order valence-electron chi connectivity index (χ4n) is 2.14. The van der Waals surface area contributed by atoms with Crippen molar-refractivity contribution in [1.82, 2.24) is 14.8 Å². The van der Waals surface area contributed by atoms with Crippen molar-refractivity contribution in [2.45, 2.75) is 44.8 Å². The molecule has 0 aliphatic carbocycles. The third-order valence-electron chi connectivity index (χ3n) is 3.34. The van der Waals surface area contributed by atoms with Gasteiger partial charge in [-0.15, -0.1) is 5.10 Å². The van der Waals surface area contributed by atoms with Crippen LogP contribution in [0.2, 0.25) is 0 Å². The van der Waals surface area contributed by atoms with Gasteiger partial charge in [-0.2, -0.15) is 0 Å². The van der Waals surface area contributed by atoms with Crippen LogP contribution < -0.4 is 11.0 Å².